The fraction of sp³-hybridized carbons (Fsp3) is 0.0417. The predicted molar refractivity (Wildman–Crippen MR) is 129 cm³/mol. The van der Waals surface area contributed by atoms with Crippen LogP contribution < -0.4 is 5.32 Å². The second-order valence-electron chi connectivity index (χ2n) is 6.89. The Labute approximate surface area is 192 Å². The van der Waals surface area contributed by atoms with Gasteiger partial charge in [0.2, 0.25) is 5.13 Å². The van der Waals surface area contributed by atoms with Crippen molar-refractivity contribution in [2.45, 2.75) is 10.9 Å². The lowest BCUT2D eigenvalue weighted by Crippen LogP contribution is -1.92. The van der Waals surface area contributed by atoms with E-state index in [1.807, 2.05) is 36.4 Å². The van der Waals surface area contributed by atoms with E-state index in [-0.39, 0.29) is 5.82 Å². The molecule has 2 N–H and O–H groups in total. The highest BCUT2D eigenvalue weighted by Crippen LogP contribution is 2.34. The Kier molecular flexibility index (Phi) is 5.96. The van der Waals surface area contributed by atoms with Crippen LogP contribution in [0.25, 0.3) is 22.5 Å². The standard InChI is InChI=1S/C24H18FN5S2/c25-18-13-7-8-14-19(18)26-24-30-29-20(32-24)15-31-23-27-21(16-9-3-1-4-10-16)22(28-23)17-11-5-2-6-12-17/h1-14H,15H2,(H,26,30)(H,27,28). The maximum atomic E-state index is 13.8. The van der Waals surface area contributed by atoms with Crippen LogP contribution >= 0.6 is 23.1 Å². The Morgan fingerprint density at radius 1 is 0.844 bits per heavy atom. The second kappa shape index (κ2) is 9.33. The van der Waals surface area contributed by atoms with Crippen molar-refractivity contribution in [2.24, 2.45) is 0 Å². The van der Waals surface area contributed by atoms with E-state index in [9.17, 15) is 4.39 Å². The first-order chi connectivity index (χ1) is 15.8. The first kappa shape index (κ1) is 20.4. The lowest BCUT2D eigenvalue weighted by molar-refractivity contribution is 0.632. The predicted octanol–water partition coefficient (Wildman–Crippen LogP) is 6.77. The lowest BCUT2D eigenvalue weighted by atomic mass is 10.1. The van der Waals surface area contributed by atoms with E-state index in [4.69, 9.17) is 4.98 Å². The molecule has 2 heterocycles. The van der Waals surface area contributed by atoms with Gasteiger partial charge in [0.15, 0.2) is 5.16 Å². The number of halogens is 1. The summed E-state index contributed by atoms with van der Waals surface area (Å²) < 4.78 is 13.8. The van der Waals surface area contributed by atoms with E-state index in [0.717, 1.165) is 32.7 Å². The number of rotatable bonds is 7. The van der Waals surface area contributed by atoms with E-state index in [0.29, 0.717) is 16.6 Å². The molecular formula is C24H18FN5S2. The van der Waals surface area contributed by atoms with Crippen LogP contribution in [0.4, 0.5) is 15.2 Å². The molecule has 0 aliphatic heterocycles. The van der Waals surface area contributed by atoms with Gasteiger partial charge in [-0.3, -0.25) is 0 Å². The molecule has 5 aromatic rings. The maximum Gasteiger partial charge on any atom is 0.210 e. The third kappa shape index (κ3) is 4.56. The molecule has 0 fully saturated rings. The van der Waals surface area contributed by atoms with E-state index >= 15 is 0 Å². The summed E-state index contributed by atoms with van der Waals surface area (Å²) in [7, 11) is 0. The first-order valence-electron chi connectivity index (χ1n) is 9.94. The number of anilines is 2. The van der Waals surface area contributed by atoms with E-state index in [1.165, 1.54) is 17.4 Å². The summed E-state index contributed by atoms with van der Waals surface area (Å²) in [6, 6.07) is 26.8. The molecule has 0 bridgehead atoms. The molecule has 5 rings (SSSR count). The fourth-order valence-electron chi connectivity index (χ4n) is 3.21. The first-order valence-corrected chi connectivity index (χ1v) is 11.7. The van der Waals surface area contributed by atoms with Crippen LogP contribution in [0.5, 0.6) is 0 Å². The van der Waals surface area contributed by atoms with Gasteiger partial charge in [-0.25, -0.2) is 9.37 Å². The van der Waals surface area contributed by atoms with Crippen LogP contribution in [-0.4, -0.2) is 20.2 Å². The van der Waals surface area contributed by atoms with Crippen LogP contribution in [0.2, 0.25) is 0 Å². The molecule has 0 unspecified atom stereocenters. The minimum absolute atomic E-state index is 0.323. The molecule has 0 atom stereocenters. The number of nitrogens with one attached hydrogen (secondary N) is 2. The molecule has 0 aliphatic carbocycles. The third-order valence-electron chi connectivity index (χ3n) is 4.71. The molecule has 0 saturated heterocycles. The molecule has 2 aromatic heterocycles. The van der Waals surface area contributed by atoms with Gasteiger partial charge in [-0.15, -0.1) is 10.2 Å². The molecule has 0 saturated carbocycles. The van der Waals surface area contributed by atoms with Gasteiger partial charge in [0.25, 0.3) is 0 Å². The Bertz CT molecular complexity index is 1260. The quantitative estimate of drug-likeness (QED) is 0.263. The summed E-state index contributed by atoms with van der Waals surface area (Å²) in [6.45, 7) is 0. The van der Waals surface area contributed by atoms with Gasteiger partial charge in [0.1, 0.15) is 10.8 Å². The number of thioether (sulfide) groups is 1. The molecule has 0 amide bonds. The summed E-state index contributed by atoms with van der Waals surface area (Å²) >= 11 is 2.96. The number of para-hydroxylation sites is 1. The Morgan fingerprint density at radius 2 is 1.53 bits per heavy atom. The van der Waals surface area contributed by atoms with Crippen molar-refractivity contribution >= 4 is 33.9 Å². The number of aromatic amines is 1. The highest BCUT2D eigenvalue weighted by Gasteiger charge is 2.15. The molecular weight excluding hydrogens is 441 g/mol. The minimum atomic E-state index is -0.323. The number of aromatic nitrogens is 4. The molecule has 8 heteroatoms. The minimum Gasteiger partial charge on any atom is -0.332 e. The Morgan fingerprint density at radius 3 is 2.28 bits per heavy atom. The SMILES string of the molecule is Fc1ccccc1Nc1nnc(CSc2nc(-c3ccccc3)c(-c3ccccc3)[nH]2)s1. The molecule has 5 nitrogen and oxygen atoms in total. The number of hydrogen-bond acceptors (Lipinski definition) is 6. The van der Waals surface area contributed by atoms with Crippen LogP contribution in [0.15, 0.2) is 90.1 Å². The van der Waals surface area contributed by atoms with Gasteiger partial charge < -0.3 is 10.3 Å². The van der Waals surface area contributed by atoms with Crippen LogP contribution in [-0.2, 0) is 5.75 Å². The maximum absolute atomic E-state index is 13.8. The summed E-state index contributed by atoms with van der Waals surface area (Å²) in [5.74, 6) is 0.281. The van der Waals surface area contributed by atoms with Crippen molar-refractivity contribution < 1.29 is 4.39 Å². The number of nitrogens with zero attached hydrogens (tertiary/aromatic N) is 3. The van der Waals surface area contributed by atoms with Crippen LogP contribution in [0.1, 0.15) is 5.01 Å². The second-order valence-corrected chi connectivity index (χ2v) is 8.92. The molecule has 3 aromatic carbocycles. The van der Waals surface area contributed by atoms with Crippen molar-refractivity contribution in [2.75, 3.05) is 5.32 Å². The van der Waals surface area contributed by atoms with Crippen molar-refractivity contribution in [1.82, 2.24) is 20.2 Å². The number of benzene rings is 3. The molecule has 32 heavy (non-hydrogen) atoms. The third-order valence-corrected chi connectivity index (χ3v) is 6.61. The van der Waals surface area contributed by atoms with Crippen molar-refractivity contribution in [3.63, 3.8) is 0 Å². The number of hydrogen-bond donors (Lipinski definition) is 2. The van der Waals surface area contributed by atoms with Crippen LogP contribution in [0.3, 0.4) is 0 Å². The average molecular weight is 460 g/mol. The van der Waals surface area contributed by atoms with Gasteiger partial charge in [0, 0.05) is 11.1 Å². The fourth-order valence-corrected chi connectivity index (χ4v) is 4.82. The van der Waals surface area contributed by atoms with Gasteiger partial charge in [0.05, 0.1) is 22.8 Å². The highest BCUT2D eigenvalue weighted by atomic mass is 32.2. The van der Waals surface area contributed by atoms with Crippen molar-refractivity contribution in [1.29, 1.82) is 0 Å². The topological polar surface area (TPSA) is 66.5 Å². The summed E-state index contributed by atoms with van der Waals surface area (Å²) in [6.07, 6.45) is 0. The van der Waals surface area contributed by atoms with E-state index in [2.05, 4.69) is 44.8 Å². The van der Waals surface area contributed by atoms with E-state index < -0.39 is 0 Å². The monoisotopic (exact) mass is 459 g/mol. The Balaban J connectivity index is 1.35. The largest absolute Gasteiger partial charge is 0.332 e. The summed E-state index contributed by atoms with van der Waals surface area (Å²) in [5, 5.41) is 13.5. The van der Waals surface area contributed by atoms with Gasteiger partial charge in [-0.05, 0) is 12.1 Å². The Hall–Kier alpha value is -3.49. The molecule has 158 valence electrons. The number of imidazole rings is 1. The molecule has 0 aliphatic rings. The zero-order valence-corrected chi connectivity index (χ0v) is 18.5. The van der Waals surface area contributed by atoms with Crippen LogP contribution in [0, 0.1) is 5.82 Å². The van der Waals surface area contributed by atoms with Gasteiger partial charge in [-0.2, -0.15) is 0 Å². The van der Waals surface area contributed by atoms with Crippen molar-refractivity contribution in [3.05, 3.63) is 95.8 Å². The van der Waals surface area contributed by atoms with Gasteiger partial charge >= 0.3 is 0 Å². The van der Waals surface area contributed by atoms with Crippen molar-refractivity contribution in [3.8, 4) is 22.5 Å². The highest BCUT2D eigenvalue weighted by molar-refractivity contribution is 7.98. The van der Waals surface area contributed by atoms with E-state index in [1.54, 1.807) is 30.0 Å². The molecule has 0 spiro atoms. The van der Waals surface area contributed by atoms with Gasteiger partial charge in [-0.1, -0.05) is 95.9 Å². The summed E-state index contributed by atoms with van der Waals surface area (Å²) in [4.78, 5) is 8.32. The zero-order valence-electron chi connectivity index (χ0n) is 16.8. The summed E-state index contributed by atoms with van der Waals surface area (Å²) in [5.41, 5.74) is 4.42. The lowest BCUT2D eigenvalue weighted by Gasteiger charge is -2.02. The number of H-pyrrole nitrogens is 1. The normalized spacial score (nSPS) is 10.9. The zero-order chi connectivity index (χ0) is 21.8. The average Bonchev–Trinajstić information content (AvgIpc) is 3.47. The molecule has 0 radical (unpaired) electrons. The smallest absolute Gasteiger partial charge is 0.210 e.